The lowest BCUT2D eigenvalue weighted by molar-refractivity contribution is -0.174. The van der Waals surface area contributed by atoms with E-state index in [-0.39, 0.29) is 17.1 Å². The summed E-state index contributed by atoms with van der Waals surface area (Å²) >= 11 is 0. The van der Waals surface area contributed by atoms with Gasteiger partial charge in [-0.2, -0.15) is 0 Å². The van der Waals surface area contributed by atoms with Crippen LogP contribution in [0, 0.1) is 11.3 Å². The molecule has 1 aromatic carbocycles. The Morgan fingerprint density at radius 1 is 1.09 bits per heavy atom. The normalized spacial score (nSPS) is 26.0. The lowest BCUT2D eigenvalue weighted by atomic mass is 9.64. The first-order valence-electron chi connectivity index (χ1n) is 11.5. The van der Waals surface area contributed by atoms with Crippen LogP contribution in [0.5, 0.6) is 17.5 Å². The first-order valence-corrected chi connectivity index (χ1v) is 11.5. The van der Waals surface area contributed by atoms with Gasteiger partial charge in [0.25, 0.3) is 0 Å². The molecular formula is C25H33N3O4. The largest absolute Gasteiger partial charge is 0.497 e. The molecule has 2 fully saturated rings. The van der Waals surface area contributed by atoms with Crippen molar-refractivity contribution < 1.29 is 18.9 Å². The summed E-state index contributed by atoms with van der Waals surface area (Å²) in [6.45, 7) is 8.20. The van der Waals surface area contributed by atoms with Gasteiger partial charge in [0.1, 0.15) is 17.1 Å². The molecule has 0 unspecified atom stereocenters. The first kappa shape index (κ1) is 21.5. The van der Waals surface area contributed by atoms with E-state index in [1.54, 1.807) is 14.2 Å². The Morgan fingerprint density at radius 2 is 1.84 bits per heavy atom. The molecule has 0 bridgehead atoms. The Hall–Kier alpha value is -2.38. The van der Waals surface area contributed by atoms with Crippen LogP contribution >= 0.6 is 0 Å². The zero-order valence-corrected chi connectivity index (χ0v) is 19.5. The molecule has 1 aromatic heterocycles. The smallest absolute Gasteiger partial charge is 0.316 e. The maximum Gasteiger partial charge on any atom is 0.316 e. The number of fused-ring (bicyclic) bond motifs is 3. The van der Waals surface area contributed by atoms with E-state index in [4.69, 9.17) is 18.9 Å². The van der Waals surface area contributed by atoms with Crippen molar-refractivity contribution >= 4 is 0 Å². The van der Waals surface area contributed by atoms with Crippen molar-refractivity contribution in [1.29, 1.82) is 0 Å². The number of methoxy groups -OCH3 is 2. The third kappa shape index (κ3) is 3.92. The Labute approximate surface area is 190 Å². The van der Waals surface area contributed by atoms with Crippen molar-refractivity contribution in [3.63, 3.8) is 0 Å². The van der Waals surface area contributed by atoms with Crippen molar-refractivity contribution in [2.75, 3.05) is 33.9 Å². The van der Waals surface area contributed by atoms with Crippen molar-refractivity contribution in [2.24, 2.45) is 11.3 Å². The van der Waals surface area contributed by atoms with Crippen LogP contribution in [-0.4, -0.2) is 54.4 Å². The Kier molecular flexibility index (Phi) is 5.50. The number of hydrogen-bond acceptors (Lipinski definition) is 7. The third-order valence-corrected chi connectivity index (χ3v) is 7.56. The number of ether oxygens (including phenoxy) is 4. The summed E-state index contributed by atoms with van der Waals surface area (Å²) in [6.07, 6.45) is 7.17. The number of hydrogen-bond donors (Lipinski definition) is 0. The molecule has 7 heteroatoms. The van der Waals surface area contributed by atoms with Crippen LogP contribution in [-0.2, 0) is 11.3 Å². The predicted molar refractivity (Wildman–Crippen MR) is 120 cm³/mol. The van der Waals surface area contributed by atoms with Gasteiger partial charge in [-0.15, -0.1) is 0 Å². The van der Waals surface area contributed by atoms with Crippen LogP contribution < -0.4 is 14.2 Å². The summed E-state index contributed by atoms with van der Waals surface area (Å²) in [5, 5.41) is 0. The maximum atomic E-state index is 6.63. The third-order valence-electron chi connectivity index (χ3n) is 7.56. The zero-order chi connectivity index (χ0) is 22.3. The number of aromatic nitrogens is 2. The van der Waals surface area contributed by atoms with E-state index < -0.39 is 0 Å². The van der Waals surface area contributed by atoms with E-state index in [2.05, 4.69) is 34.8 Å². The van der Waals surface area contributed by atoms with Crippen LogP contribution in [0.4, 0.5) is 0 Å². The van der Waals surface area contributed by atoms with E-state index in [0.29, 0.717) is 11.9 Å². The molecule has 0 radical (unpaired) electrons. The minimum atomic E-state index is -0.267. The van der Waals surface area contributed by atoms with Gasteiger partial charge in [-0.25, -0.2) is 9.97 Å². The Balaban J connectivity index is 1.27. The summed E-state index contributed by atoms with van der Waals surface area (Å²) in [5.74, 6) is 2.09. The second-order valence-corrected chi connectivity index (χ2v) is 10.0. The fourth-order valence-corrected chi connectivity index (χ4v) is 5.58. The van der Waals surface area contributed by atoms with Crippen LogP contribution in [0.1, 0.15) is 50.3 Å². The highest BCUT2D eigenvalue weighted by atomic mass is 16.5. The molecule has 1 spiro atoms. The molecular weight excluding hydrogens is 406 g/mol. The lowest BCUT2D eigenvalue weighted by Crippen LogP contribution is -2.54. The predicted octanol–water partition coefficient (Wildman–Crippen LogP) is 4.02. The van der Waals surface area contributed by atoms with Crippen molar-refractivity contribution in [1.82, 2.24) is 14.9 Å². The van der Waals surface area contributed by atoms with Crippen molar-refractivity contribution in [3.05, 3.63) is 41.7 Å². The summed E-state index contributed by atoms with van der Waals surface area (Å²) in [5.41, 5.74) is 2.19. The average molecular weight is 440 g/mol. The average Bonchev–Trinajstić information content (AvgIpc) is 2.81. The fraction of sp³-hybridized carbons (Fsp3) is 0.600. The number of piperidine rings is 1. The quantitative estimate of drug-likeness (QED) is 0.713. The molecule has 2 saturated heterocycles. The molecule has 0 N–H and O–H groups in total. The van der Waals surface area contributed by atoms with Gasteiger partial charge in [0, 0.05) is 36.0 Å². The summed E-state index contributed by atoms with van der Waals surface area (Å²) in [4.78, 5) is 11.0. The monoisotopic (exact) mass is 439 g/mol. The highest BCUT2D eigenvalue weighted by Crippen LogP contribution is 2.55. The second-order valence-electron chi connectivity index (χ2n) is 10.0. The van der Waals surface area contributed by atoms with E-state index in [1.807, 2.05) is 24.5 Å². The van der Waals surface area contributed by atoms with E-state index in [9.17, 15) is 0 Å². The second kappa shape index (κ2) is 8.19. The summed E-state index contributed by atoms with van der Waals surface area (Å²) in [6, 6.07) is 6.47. The van der Waals surface area contributed by atoms with Gasteiger partial charge in [0.15, 0.2) is 0 Å². The fourth-order valence-electron chi connectivity index (χ4n) is 5.58. The molecule has 2 aromatic rings. The number of rotatable bonds is 4. The van der Waals surface area contributed by atoms with Crippen molar-refractivity contribution in [3.8, 4) is 17.5 Å². The van der Waals surface area contributed by atoms with E-state index >= 15 is 0 Å². The molecule has 4 heterocycles. The van der Waals surface area contributed by atoms with Gasteiger partial charge in [0.05, 0.1) is 26.9 Å². The molecule has 3 aliphatic rings. The topological polar surface area (TPSA) is 65.9 Å². The maximum absolute atomic E-state index is 6.63. The van der Waals surface area contributed by atoms with Gasteiger partial charge < -0.3 is 18.9 Å². The van der Waals surface area contributed by atoms with Gasteiger partial charge >= 0.3 is 6.01 Å². The van der Waals surface area contributed by atoms with E-state index in [1.165, 1.54) is 0 Å². The van der Waals surface area contributed by atoms with Gasteiger partial charge in [-0.3, -0.25) is 4.90 Å². The molecule has 0 aliphatic carbocycles. The standard InChI is InChI=1S/C25H33N3O4/c1-24(2)20-12-25(16-31-22(20)19-11-18(29-3)5-6-21(19)32-24)7-9-28(10-8-25)15-17-13-26-23(30-4)27-14-17/h5-6,11,13-14,20,22H,7-10,12,15-16H2,1-4H3/t20-,22+/m0/s1. The van der Waals surface area contributed by atoms with Crippen LogP contribution in [0.15, 0.2) is 30.6 Å². The van der Waals surface area contributed by atoms with Crippen molar-refractivity contribution in [2.45, 2.75) is 51.4 Å². The molecule has 32 heavy (non-hydrogen) atoms. The highest BCUT2D eigenvalue weighted by molar-refractivity contribution is 5.44. The van der Waals surface area contributed by atoms with Crippen LogP contribution in [0.25, 0.3) is 0 Å². The minimum absolute atomic E-state index is 0.0592. The number of benzene rings is 1. The minimum Gasteiger partial charge on any atom is -0.497 e. The van der Waals surface area contributed by atoms with Gasteiger partial charge in [0.2, 0.25) is 0 Å². The molecule has 2 atom stereocenters. The first-order chi connectivity index (χ1) is 15.4. The zero-order valence-electron chi connectivity index (χ0n) is 19.5. The number of nitrogens with zero attached hydrogens (tertiary/aromatic N) is 3. The van der Waals surface area contributed by atoms with Crippen LogP contribution in [0.3, 0.4) is 0 Å². The molecule has 3 aliphatic heterocycles. The molecule has 172 valence electrons. The van der Waals surface area contributed by atoms with Crippen LogP contribution in [0.2, 0.25) is 0 Å². The van der Waals surface area contributed by atoms with E-state index in [0.717, 1.165) is 68.1 Å². The summed E-state index contributed by atoms with van der Waals surface area (Å²) < 4.78 is 23.6. The molecule has 7 nitrogen and oxygen atoms in total. The molecule has 0 amide bonds. The SMILES string of the molecule is COc1ccc2c(c1)[C@H]1OCC3(CCN(Cc4cnc(OC)nc4)CC3)C[C@@H]1C(C)(C)O2. The number of likely N-dealkylation sites (tertiary alicyclic amines) is 1. The highest BCUT2D eigenvalue weighted by Gasteiger charge is 2.52. The van der Waals surface area contributed by atoms with Gasteiger partial charge in [-0.05, 0) is 69.8 Å². The lowest BCUT2D eigenvalue weighted by Gasteiger charge is -2.54. The molecule has 0 saturated carbocycles. The van der Waals surface area contributed by atoms with Gasteiger partial charge in [-0.1, -0.05) is 0 Å². The summed E-state index contributed by atoms with van der Waals surface area (Å²) in [7, 11) is 3.29. The molecule has 5 rings (SSSR count). The Morgan fingerprint density at radius 3 is 2.53 bits per heavy atom. The Bertz CT molecular complexity index is 954.